The lowest BCUT2D eigenvalue weighted by molar-refractivity contribution is -0.145. The third-order valence-electron chi connectivity index (χ3n) is 2.90. The maximum absolute atomic E-state index is 11.8. The zero-order chi connectivity index (χ0) is 15.8. The number of hydrogen-bond acceptors (Lipinski definition) is 3. The summed E-state index contributed by atoms with van der Waals surface area (Å²) in [5, 5.41) is 19.7. The van der Waals surface area contributed by atoms with Crippen LogP contribution in [0.5, 0.6) is 0 Å². The van der Waals surface area contributed by atoms with Crippen LogP contribution in [-0.4, -0.2) is 52.7 Å². The van der Waals surface area contributed by atoms with Gasteiger partial charge in [0.05, 0.1) is 6.42 Å². The van der Waals surface area contributed by atoms with E-state index < -0.39 is 30.4 Å². The van der Waals surface area contributed by atoms with Gasteiger partial charge in [-0.1, -0.05) is 30.3 Å². The molecule has 21 heavy (non-hydrogen) atoms. The first-order valence-electron chi connectivity index (χ1n) is 6.40. The first-order chi connectivity index (χ1) is 9.90. The summed E-state index contributed by atoms with van der Waals surface area (Å²) in [5.41, 5.74) is 1.05. The average Bonchev–Trinajstić information content (AvgIpc) is 2.44. The van der Waals surface area contributed by atoms with Crippen LogP contribution < -0.4 is 5.32 Å². The number of amides is 2. The standard InChI is InChI=1S/C14H18N2O5/c1-16(8-7-10-5-3-2-4-6-10)14(21)15-11(13(19)20)9-12(17)18/h2-6,11H,7-9H2,1H3,(H,15,21)(H,17,18)(H,19,20)/t11-/m0/s1. The number of hydrogen-bond donors (Lipinski definition) is 3. The van der Waals surface area contributed by atoms with Gasteiger partial charge in [0, 0.05) is 13.6 Å². The van der Waals surface area contributed by atoms with Crippen molar-refractivity contribution in [2.24, 2.45) is 0 Å². The fourth-order valence-corrected chi connectivity index (χ4v) is 1.68. The molecule has 1 aromatic carbocycles. The fourth-order valence-electron chi connectivity index (χ4n) is 1.68. The molecule has 1 atom stereocenters. The Hall–Kier alpha value is -2.57. The van der Waals surface area contributed by atoms with Gasteiger partial charge in [-0.3, -0.25) is 4.79 Å². The van der Waals surface area contributed by atoms with Crippen LogP contribution in [-0.2, 0) is 16.0 Å². The molecule has 114 valence electrons. The van der Waals surface area contributed by atoms with E-state index in [0.29, 0.717) is 13.0 Å². The molecule has 0 saturated carbocycles. The van der Waals surface area contributed by atoms with E-state index in [4.69, 9.17) is 10.2 Å². The van der Waals surface area contributed by atoms with Gasteiger partial charge in [0.1, 0.15) is 6.04 Å². The highest BCUT2D eigenvalue weighted by Crippen LogP contribution is 2.01. The van der Waals surface area contributed by atoms with Gasteiger partial charge in [-0.25, -0.2) is 9.59 Å². The smallest absolute Gasteiger partial charge is 0.326 e. The number of aliphatic carboxylic acids is 2. The predicted octanol–water partition coefficient (Wildman–Crippen LogP) is 0.798. The fraction of sp³-hybridized carbons (Fsp3) is 0.357. The highest BCUT2D eigenvalue weighted by atomic mass is 16.4. The van der Waals surface area contributed by atoms with Crippen LogP contribution in [0.2, 0.25) is 0 Å². The minimum Gasteiger partial charge on any atom is -0.481 e. The molecule has 2 amide bonds. The summed E-state index contributed by atoms with van der Waals surface area (Å²) in [6, 6.07) is 7.48. The molecular formula is C14H18N2O5. The van der Waals surface area contributed by atoms with Crippen molar-refractivity contribution in [3.8, 4) is 0 Å². The zero-order valence-corrected chi connectivity index (χ0v) is 11.7. The van der Waals surface area contributed by atoms with Crippen molar-refractivity contribution in [2.75, 3.05) is 13.6 Å². The average molecular weight is 294 g/mol. The highest BCUT2D eigenvalue weighted by Gasteiger charge is 2.24. The van der Waals surface area contributed by atoms with Crippen molar-refractivity contribution in [1.29, 1.82) is 0 Å². The van der Waals surface area contributed by atoms with Gasteiger partial charge >= 0.3 is 18.0 Å². The van der Waals surface area contributed by atoms with Crippen LogP contribution in [0.3, 0.4) is 0 Å². The Morgan fingerprint density at radius 3 is 2.33 bits per heavy atom. The molecule has 0 fully saturated rings. The lowest BCUT2D eigenvalue weighted by Crippen LogP contribution is -2.48. The van der Waals surface area contributed by atoms with E-state index in [1.807, 2.05) is 30.3 Å². The number of carboxylic acids is 2. The second-order valence-electron chi connectivity index (χ2n) is 4.60. The zero-order valence-electron chi connectivity index (χ0n) is 11.7. The van der Waals surface area contributed by atoms with Crippen molar-refractivity contribution in [2.45, 2.75) is 18.9 Å². The van der Waals surface area contributed by atoms with Crippen molar-refractivity contribution in [3.63, 3.8) is 0 Å². The molecule has 0 heterocycles. The van der Waals surface area contributed by atoms with Crippen molar-refractivity contribution < 1.29 is 24.6 Å². The summed E-state index contributed by atoms with van der Waals surface area (Å²) in [5.74, 6) is -2.66. The monoisotopic (exact) mass is 294 g/mol. The number of likely N-dealkylation sites (N-methyl/N-ethyl adjacent to an activating group) is 1. The van der Waals surface area contributed by atoms with Gasteiger partial charge in [-0.05, 0) is 12.0 Å². The normalized spacial score (nSPS) is 11.5. The number of benzene rings is 1. The molecular weight excluding hydrogens is 276 g/mol. The number of nitrogens with zero attached hydrogens (tertiary/aromatic N) is 1. The minimum absolute atomic E-state index is 0.398. The summed E-state index contributed by atoms with van der Waals surface area (Å²) in [7, 11) is 1.53. The first-order valence-corrected chi connectivity index (χ1v) is 6.40. The third kappa shape index (κ3) is 5.94. The third-order valence-corrected chi connectivity index (χ3v) is 2.90. The predicted molar refractivity (Wildman–Crippen MR) is 75.0 cm³/mol. The molecule has 0 aliphatic heterocycles. The Kier molecular flexibility index (Phi) is 6.19. The topological polar surface area (TPSA) is 107 Å². The molecule has 0 aliphatic carbocycles. The first kappa shape index (κ1) is 16.5. The van der Waals surface area contributed by atoms with Crippen molar-refractivity contribution in [3.05, 3.63) is 35.9 Å². The molecule has 1 rings (SSSR count). The Labute approximate surface area is 122 Å². The van der Waals surface area contributed by atoms with E-state index in [-0.39, 0.29) is 0 Å². The van der Waals surface area contributed by atoms with E-state index in [1.165, 1.54) is 11.9 Å². The van der Waals surface area contributed by atoms with E-state index in [9.17, 15) is 14.4 Å². The number of carbonyl (C=O) groups is 3. The number of urea groups is 1. The van der Waals surface area contributed by atoms with Crippen LogP contribution in [0.15, 0.2) is 30.3 Å². The minimum atomic E-state index is -1.44. The number of nitrogens with one attached hydrogen (secondary N) is 1. The molecule has 0 spiro atoms. The van der Waals surface area contributed by atoms with Crippen LogP contribution in [0.1, 0.15) is 12.0 Å². The Morgan fingerprint density at radius 1 is 1.19 bits per heavy atom. The summed E-state index contributed by atoms with van der Waals surface area (Å²) < 4.78 is 0. The van der Waals surface area contributed by atoms with E-state index >= 15 is 0 Å². The molecule has 7 nitrogen and oxygen atoms in total. The lowest BCUT2D eigenvalue weighted by Gasteiger charge is -2.20. The van der Waals surface area contributed by atoms with E-state index in [2.05, 4.69) is 5.32 Å². The van der Waals surface area contributed by atoms with Crippen LogP contribution in [0.4, 0.5) is 4.79 Å². The van der Waals surface area contributed by atoms with E-state index in [1.54, 1.807) is 0 Å². The quantitative estimate of drug-likeness (QED) is 0.689. The summed E-state index contributed by atoms with van der Waals surface area (Å²) in [4.78, 5) is 34.6. The SMILES string of the molecule is CN(CCc1ccccc1)C(=O)N[C@@H](CC(=O)O)C(=O)O. The molecule has 0 aromatic heterocycles. The van der Waals surface area contributed by atoms with Crippen molar-refractivity contribution in [1.82, 2.24) is 10.2 Å². The van der Waals surface area contributed by atoms with Crippen molar-refractivity contribution >= 4 is 18.0 Å². The summed E-state index contributed by atoms with van der Waals surface area (Å²) >= 11 is 0. The Bertz CT molecular complexity index is 503. The van der Waals surface area contributed by atoms with Crippen LogP contribution >= 0.6 is 0 Å². The number of rotatable bonds is 7. The largest absolute Gasteiger partial charge is 0.481 e. The van der Waals surface area contributed by atoms with Gasteiger partial charge in [0.25, 0.3) is 0 Å². The number of carboxylic acid groups (broad SMARTS) is 2. The van der Waals surface area contributed by atoms with Crippen LogP contribution in [0, 0.1) is 0 Å². The molecule has 1 aromatic rings. The van der Waals surface area contributed by atoms with Gasteiger partial charge < -0.3 is 20.4 Å². The van der Waals surface area contributed by atoms with Gasteiger partial charge in [0.2, 0.25) is 0 Å². The molecule has 3 N–H and O–H groups in total. The van der Waals surface area contributed by atoms with Gasteiger partial charge in [-0.15, -0.1) is 0 Å². The number of carbonyl (C=O) groups excluding carboxylic acids is 1. The Morgan fingerprint density at radius 2 is 1.81 bits per heavy atom. The molecule has 0 radical (unpaired) electrons. The molecule has 0 unspecified atom stereocenters. The second kappa shape index (κ2) is 7.88. The van der Waals surface area contributed by atoms with E-state index in [0.717, 1.165) is 5.56 Å². The lowest BCUT2D eigenvalue weighted by atomic mass is 10.1. The van der Waals surface area contributed by atoms with Crippen LogP contribution in [0.25, 0.3) is 0 Å². The highest BCUT2D eigenvalue weighted by molar-refractivity contribution is 5.86. The van der Waals surface area contributed by atoms with Gasteiger partial charge in [0.15, 0.2) is 0 Å². The molecule has 0 aliphatic rings. The summed E-state index contributed by atoms with van der Waals surface area (Å²) in [6.07, 6.45) is -0.0327. The van der Waals surface area contributed by atoms with Gasteiger partial charge in [-0.2, -0.15) is 0 Å². The maximum atomic E-state index is 11.8. The second-order valence-corrected chi connectivity index (χ2v) is 4.60. The Balaban J connectivity index is 2.49. The maximum Gasteiger partial charge on any atom is 0.326 e. The summed E-state index contributed by atoms with van der Waals surface area (Å²) in [6.45, 7) is 0.398. The molecule has 7 heteroatoms. The molecule has 0 saturated heterocycles. The molecule has 0 bridgehead atoms.